The van der Waals surface area contributed by atoms with E-state index in [1.165, 1.54) is 19.3 Å². The first kappa shape index (κ1) is 12.9. The van der Waals surface area contributed by atoms with Crippen LogP contribution in [0.1, 0.15) is 52.9 Å². The average Bonchev–Trinajstić information content (AvgIpc) is 2.91. The molecule has 0 aromatic heterocycles. The van der Waals surface area contributed by atoms with Crippen molar-refractivity contribution in [3.63, 3.8) is 0 Å². The third-order valence-electron chi connectivity index (χ3n) is 6.66. The summed E-state index contributed by atoms with van der Waals surface area (Å²) in [6, 6.07) is 0. The van der Waals surface area contributed by atoms with Crippen LogP contribution in [0.4, 0.5) is 0 Å². The van der Waals surface area contributed by atoms with Crippen molar-refractivity contribution in [1.29, 1.82) is 0 Å². The van der Waals surface area contributed by atoms with Gasteiger partial charge in [0.2, 0.25) is 0 Å². The van der Waals surface area contributed by atoms with Crippen molar-refractivity contribution in [2.24, 2.45) is 16.2 Å². The minimum absolute atomic E-state index is 0.0761. The monoisotopic (exact) mass is 254 g/mol. The molecule has 3 heteroatoms. The second-order valence-corrected chi connectivity index (χ2v) is 7.26. The Kier molecular flexibility index (Phi) is 2.82. The Balaban J connectivity index is 1.88. The molecule has 0 amide bonds. The first-order valence-electron chi connectivity index (χ1n) is 7.33. The van der Waals surface area contributed by atoms with Crippen molar-refractivity contribution in [3.8, 4) is 0 Å². The minimum atomic E-state index is -0.222. The zero-order chi connectivity index (χ0) is 13.0. The lowest BCUT2D eigenvalue weighted by molar-refractivity contribution is -0.120. The fourth-order valence-electron chi connectivity index (χ4n) is 4.96. The van der Waals surface area contributed by atoms with Gasteiger partial charge in [-0.3, -0.25) is 0 Å². The molecule has 1 N–H and O–H groups in total. The number of hydrogen-bond donors (Lipinski definition) is 1. The van der Waals surface area contributed by atoms with Crippen LogP contribution in [0.25, 0.3) is 0 Å². The molecule has 0 spiro atoms. The molecule has 2 saturated carbocycles. The molecule has 3 fully saturated rings. The number of ether oxygens (including phenoxy) is 2. The smallest absolute Gasteiger partial charge is 0.158 e. The standard InChI is InChI=1S/C15H26O3/c1-13-5-4-6-15(13,3)14(2,11(16)9-13)10-12-17-7-8-18-12/h11-12,16H,4-10H2,1-3H3/t11?,13-,14+,15-/m0/s1. The van der Waals surface area contributed by atoms with Crippen molar-refractivity contribution in [2.45, 2.75) is 65.3 Å². The van der Waals surface area contributed by atoms with Gasteiger partial charge in [0.25, 0.3) is 0 Å². The Morgan fingerprint density at radius 2 is 1.78 bits per heavy atom. The summed E-state index contributed by atoms with van der Waals surface area (Å²) in [5.41, 5.74) is 0.432. The highest BCUT2D eigenvalue weighted by atomic mass is 16.7. The Bertz CT molecular complexity index is 339. The van der Waals surface area contributed by atoms with E-state index in [1.54, 1.807) is 0 Å². The lowest BCUT2D eigenvalue weighted by Crippen LogP contribution is -2.44. The molecule has 104 valence electrons. The van der Waals surface area contributed by atoms with Crippen LogP contribution in [-0.4, -0.2) is 30.7 Å². The second kappa shape index (κ2) is 3.94. The normalized spacial score (nSPS) is 53.0. The lowest BCUT2D eigenvalue weighted by Gasteiger charge is -2.47. The number of aliphatic hydroxyl groups is 1. The number of rotatable bonds is 2. The van der Waals surface area contributed by atoms with E-state index in [0.29, 0.717) is 18.6 Å². The quantitative estimate of drug-likeness (QED) is 0.823. The topological polar surface area (TPSA) is 38.7 Å². The number of aliphatic hydroxyl groups excluding tert-OH is 1. The first-order chi connectivity index (χ1) is 8.41. The molecule has 18 heavy (non-hydrogen) atoms. The van der Waals surface area contributed by atoms with Gasteiger partial charge >= 0.3 is 0 Å². The van der Waals surface area contributed by atoms with E-state index in [2.05, 4.69) is 20.8 Å². The molecule has 0 aromatic rings. The molecular formula is C15H26O3. The van der Waals surface area contributed by atoms with E-state index in [-0.39, 0.29) is 23.2 Å². The summed E-state index contributed by atoms with van der Waals surface area (Å²) in [5.74, 6) is 0. The van der Waals surface area contributed by atoms with Gasteiger partial charge in [-0.2, -0.15) is 0 Å². The minimum Gasteiger partial charge on any atom is -0.393 e. The molecule has 2 aliphatic carbocycles. The Hall–Kier alpha value is -0.120. The van der Waals surface area contributed by atoms with Crippen LogP contribution in [-0.2, 0) is 9.47 Å². The first-order valence-corrected chi connectivity index (χ1v) is 7.33. The number of fused-ring (bicyclic) bond motifs is 1. The zero-order valence-corrected chi connectivity index (χ0v) is 11.9. The van der Waals surface area contributed by atoms with E-state index < -0.39 is 0 Å². The molecule has 1 saturated heterocycles. The largest absolute Gasteiger partial charge is 0.393 e. The van der Waals surface area contributed by atoms with Gasteiger partial charge in [-0.05, 0) is 30.1 Å². The SMILES string of the molecule is C[C@@]12CCC[C@]1(C)[C@](C)(CC1OCCO1)C(O)C2. The summed E-state index contributed by atoms with van der Waals surface area (Å²) in [6.07, 6.45) is 5.21. The highest BCUT2D eigenvalue weighted by molar-refractivity contribution is 5.15. The van der Waals surface area contributed by atoms with Gasteiger partial charge in [0.05, 0.1) is 19.3 Å². The summed E-state index contributed by atoms with van der Waals surface area (Å²) in [7, 11) is 0. The van der Waals surface area contributed by atoms with Crippen molar-refractivity contribution in [3.05, 3.63) is 0 Å². The molecular weight excluding hydrogens is 228 g/mol. The van der Waals surface area contributed by atoms with Crippen molar-refractivity contribution >= 4 is 0 Å². The van der Waals surface area contributed by atoms with Crippen LogP contribution in [0.5, 0.6) is 0 Å². The van der Waals surface area contributed by atoms with Crippen molar-refractivity contribution < 1.29 is 14.6 Å². The zero-order valence-electron chi connectivity index (χ0n) is 11.9. The average molecular weight is 254 g/mol. The van der Waals surface area contributed by atoms with Gasteiger partial charge in [0.1, 0.15) is 0 Å². The Labute approximate surface area is 110 Å². The maximum absolute atomic E-state index is 10.6. The predicted molar refractivity (Wildman–Crippen MR) is 69.1 cm³/mol. The van der Waals surface area contributed by atoms with Gasteiger partial charge < -0.3 is 14.6 Å². The summed E-state index contributed by atoms with van der Waals surface area (Å²) < 4.78 is 11.2. The molecule has 0 bridgehead atoms. The molecule has 4 atom stereocenters. The van der Waals surface area contributed by atoms with E-state index in [1.807, 2.05) is 0 Å². The third-order valence-corrected chi connectivity index (χ3v) is 6.66. The van der Waals surface area contributed by atoms with E-state index in [0.717, 1.165) is 12.8 Å². The van der Waals surface area contributed by atoms with Crippen LogP contribution in [0.3, 0.4) is 0 Å². The molecule has 3 nitrogen and oxygen atoms in total. The fraction of sp³-hybridized carbons (Fsp3) is 1.00. The van der Waals surface area contributed by atoms with Gasteiger partial charge in [-0.25, -0.2) is 0 Å². The lowest BCUT2D eigenvalue weighted by atomic mass is 9.58. The second-order valence-electron chi connectivity index (χ2n) is 7.26. The van der Waals surface area contributed by atoms with Gasteiger partial charge in [0.15, 0.2) is 6.29 Å². The van der Waals surface area contributed by atoms with E-state index in [4.69, 9.17) is 9.47 Å². The maximum atomic E-state index is 10.6. The van der Waals surface area contributed by atoms with Crippen LogP contribution >= 0.6 is 0 Å². The van der Waals surface area contributed by atoms with Gasteiger partial charge in [-0.15, -0.1) is 0 Å². The summed E-state index contributed by atoms with van der Waals surface area (Å²) >= 11 is 0. The predicted octanol–water partition coefficient (Wildman–Crippen LogP) is 2.72. The molecule has 1 unspecified atom stereocenters. The summed E-state index contributed by atoms with van der Waals surface area (Å²) in [6.45, 7) is 8.39. The molecule has 1 aliphatic heterocycles. The molecule has 3 rings (SSSR count). The van der Waals surface area contributed by atoms with Gasteiger partial charge in [0, 0.05) is 11.8 Å². The van der Waals surface area contributed by atoms with E-state index >= 15 is 0 Å². The third kappa shape index (κ3) is 1.47. The highest BCUT2D eigenvalue weighted by Crippen LogP contribution is 2.71. The van der Waals surface area contributed by atoms with Crippen molar-refractivity contribution in [2.75, 3.05) is 13.2 Å². The van der Waals surface area contributed by atoms with Crippen LogP contribution in [0, 0.1) is 16.2 Å². The number of hydrogen-bond acceptors (Lipinski definition) is 3. The molecule has 0 aromatic carbocycles. The molecule has 1 heterocycles. The van der Waals surface area contributed by atoms with Crippen molar-refractivity contribution in [1.82, 2.24) is 0 Å². The highest BCUT2D eigenvalue weighted by Gasteiger charge is 2.66. The fourth-order valence-corrected chi connectivity index (χ4v) is 4.96. The maximum Gasteiger partial charge on any atom is 0.158 e. The molecule has 3 aliphatic rings. The van der Waals surface area contributed by atoms with Gasteiger partial charge in [-0.1, -0.05) is 27.2 Å². The van der Waals surface area contributed by atoms with Crippen LogP contribution in [0.2, 0.25) is 0 Å². The summed E-state index contributed by atoms with van der Waals surface area (Å²) in [4.78, 5) is 0. The Morgan fingerprint density at radius 1 is 1.11 bits per heavy atom. The van der Waals surface area contributed by atoms with E-state index in [9.17, 15) is 5.11 Å². The Morgan fingerprint density at radius 3 is 2.44 bits per heavy atom. The summed E-state index contributed by atoms with van der Waals surface area (Å²) in [5, 5.41) is 10.6. The van der Waals surface area contributed by atoms with Crippen LogP contribution in [0.15, 0.2) is 0 Å². The molecule has 0 radical (unpaired) electrons. The van der Waals surface area contributed by atoms with Crippen LogP contribution < -0.4 is 0 Å².